The summed E-state index contributed by atoms with van der Waals surface area (Å²) < 4.78 is 4.66. The van der Waals surface area contributed by atoms with Gasteiger partial charge >= 0.3 is 11.9 Å². The highest BCUT2D eigenvalue weighted by atomic mass is 16.6. The zero-order valence-electron chi connectivity index (χ0n) is 12.8. The Labute approximate surface area is 128 Å². The molecule has 8 nitrogen and oxygen atoms in total. The molecular weight excluding hydrogens is 290 g/mol. The molecule has 0 heterocycles. The summed E-state index contributed by atoms with van der Waals surface area (Å²) >= 11 is 0. The summed E-state index contributed by atoms with van der Waals surface area (Å²) in [6, 6.07) is -2.20. The molecule has 0 saturated heterocycles. The number of nitrogens with two attached hydrogens (primary N) is 1. The van der Waals surface area contributed by atoms with E-state index in [1.54, 1.807) is 0 Å². The average molecular weight is 311 g/mol. The largest absolute Gasteiger partial charge is 0.390 e. The van der Waals surface area contributed by atoms with Crippen LogP contribution in [0, 0.1) is 5.92 Å². The van der Waals surface area contributed by atoms with Gasteiger partial charge in [0.05, 0.1) is 0 Å². The van der Waals surface area contributed by atoms with Gasteiger partial charge < -0.3 is 10.5 Å². The van der Waals surface area contributed by atoms with E-state index in [1.807, 2.05) is 13.8 Å². The van der Waals surface area contributed by atoms with Gasteiger partial charge in [-0.2, -0.15) is 9.98 Å². The molecule has 0 fully saturated rings. The highest BCUT2D eigenvalue weighted by Crippen LogP contribution is 2.12. The fourth-order valence-corrected chi connectivity index (χ4v) is 1.73. The Bertz CT molecular complexity index is 465. The van der Waals surface area contributed by atoms with Gasteiger partial charge in [0.25, 0.3) is 0 Å². The van der Waals surface area contributed by atoms with Crippen LogP contribution in [0.25, 0.3) is 0 Å². The molecule has 0 aromatic rings. The van der Waals surface area contributed by atoms with Gasteiger partial charge in [-0.1, -0.05) is 13.8 Å². The highest BCUT2D eigenvalue weighted by Gasteiger charge is 2.27. The number of aliphatic imine (C=N–C) groups is 2. The average Bonchev–Trinajstić information content (AvgIpc) is 2.45. The van der Waals surface area contributed by atoms with Crippen molar-refractivity contribution >= 4 is 24.1 Å². The number of hydrogen-bond donors (Lipinski definition) is 1. The monoisotopic (exact) mass is 311 g/mol. The summed E-state index contributed by atoms with van der Waals surface area (Å²) in [6.07, 6.45) is 4.24. The van der Waals surface area contributed by atoms with Crippen LogP contribution in [0.4, 0.5) is 0 Å². The van der Waals surface area contributed by atoms with Crippen molar-refractivity contribution in [2.45, 2.75) is 51.6 Å². The lowest BCUT2D eigenvalue weighted by molar-refractivity contribution is -0.161. The van der Waals surface area contributed by atoms with E-state index in [1.165, 1.54) is 12.2 Å². The van der Waals surface area contributed by atoms with Gasteiger partial charge in [-0.15, -0.1) is 0 Å². The lowest BCUT2D eigenvalue weighted by atomic mass is 10.0. The first-order valence-electron chi connectivity index (χ1n) is 7.05. The molecule has 0 amide bonds. The van der Waals surface area contributed by atoms with Crippen LogP contribution in [-0.2, 0) is 23.9 Å². The van der Waals surface area contributed by atoms with Crippen LogP contribution < -0.4 is 5.73 Å². The number of esters is 2. The Morgan fingerprint density at radius 3 is 2.09 bits per heavy atom. The number of ether oxygens (including phenoxy) is 1. The predicted molar refractivity (Wildman–Crippen MR) is 77.3 cm³/mol. The number of nitrogens with zero attached hydrogens (tertiary/aromatic N) is 2. The Morgan fingerprint density at radius 2 is 1.59 bits per heavy atom. The molecule has 0 aromatic carbocycles. The van der Waals surface area contributed by atoms with Crippen LogP contribution >= 0.6 is 0 Å². The molecule has 8 heteroatoms. The summed E-state index contributed by atoms with van der Waals surface area (Å²) in [5, 5.41) is 0. The molecule has 0 spiro atoms. The van der Waals surface area contributed by atoms with Crippen LogP contribution in [0.15, 0.2) is 9.98 Å². The number of rotatable bonds is 10. The maximum absolute atomic E-state index is 11.8. The van der Waals surface area contributed by atoms with Crippen molar-refractivity contribution in [3.05, 3.63) is 0 Å². The standard InChI is InChI=1S/C14H21N3O5/c1-10(2)7-12(17-9-19)14(21)22-13(20)11(16-8-18)5-3-4-6-15/h10-12H,3-7,15H2,1-2H3. The van der Waals surface area contributed by atoms with E-state index in [0.29, 0.717) is 19.4 Å². The molecule has 22 heavy (non-hydrogen) atoms. The van der Waals surface area contributed by atoms with Gasteiger partial charge in [0.15, 0.2) is 12.1 Å². The van der Waals surface area contributed by atoms with Gasteiger partial charge in [0, 0.05) is 0 Å². The molecule has 2 atom stereocenters. The van der Waals surface area contributed by atoms with Crippen LogP contribution in [0.2, 0.25) is 0 Å². The SMILES string of the molecule is CC(C)CC(N=C=O)C(=O)OC(=O)C(CCCCN)N=C=O. The second-order valence-electron chi connectivity index (χ2n) is 5.13. The summed E-state index contributed by atoms with van der Waals surface area (Å²) in [5.41, 5.74) is 5.34. The summed E-state index contributed by atoms with van der Waals surface area (Å²) in [5.74, 6) is -1.84. The van der Waals surface area contributed by atoms with E-state index in [4.69, 9.17) is 5.73 Å². The van der Waals surface area contributed by atoms with Crippen LogP contribution in [0.3, 0.4) is 0 Å². The topological polar surface area (TPSA) is 128 Å². The number of unbranched alkanes of at least 4 members (excludes halogenated alkanes) is 1. The predicted octanol–water partition coefficient (Wildman–Crippen LogP) is 0.640. The first-order valence-corrected chi connectivity index (χ1v) is 7.05. The quantitative estimate of drug-likeness (QED) is 0.207. The molecule has 0 rings (SSSR count). The molecule has 0 saturated carbocycles. The Kier molecular flexibility index (Phi) is 10.4. The third-order valence-corrected chi connectivity index (χ3v) is 2.79. The minimum Gasteiger partial charge on any atom is -0.390 e. The van der Waals surface area contributed by atoms with Crippen molar-refractivity contribution in [2.75, 3.05) is 6.54 Å². The van der Waals surface area contributed by atoms with E-state index in [-0.39, 0.29) is 18.8 Å². The second-order valence-corrected chi connectivity index (χ2v) is 5.13. The highest BCUT2D eigenvalue weighted by molar-refractivity contribution is 5.91. The minimum atomic E-state index is -1.10. The minimum absolute atomic E-state index is 0.0677. The normalized spacial score (nSPS) is 12.7. The van der Waals surface area contributed by atoms with E-state index < -0.39 is 24.0 Å². The molecule has 0 bridgehead atoms. The molecule has 0 aliphatic rings. The molecule has 0 aromatic heterocycles. The third kappa shape index (κ3) is 8.21. The smallest absolute Gasteiger partial charge is 0.339 e. The molecule has 0 aliphatic carbocycles. The fraction of sp³-hybridized carbons (Fsp3) is 0.714. The Morgan fingerprint density at radius 1 is 1.05 bits per heavy atom. The summed E-state index contributed by atoms with van der Waals surface area (Å²) in [7, 11) is 0. The lowest BCUT2D eigenvalue weighted by Crippen LogP contribution is -2.31. The Hall–Kier alpha value is -2.14. The molecule has 0 radical (unpaired) electrons. The van der Waals surface area contributed by atoms with E-state index in [9.17, 15) is 19.2 Å². The molecule has 2 N–H and O–H groups in total. The van der Waals surface area contributed by atoms with Crippen LogP contribution in [0.1, 0.15) is 39.5 Å². The number of carbonyl (C=O) groups is 2. The molecule has 0 aliphatic heterocycles. The number of hydrogen-bond acceptors (Lipinski definition) is 8. The zero-order chi connectivity index (χ0) is 17.0. The molecule has 122 valence electrons. The van der Waals surface area contributed by atoms with Gasteiger partial charge in [-0.3, -0.25) is 0 Å². The van der Waals surface area contributed by atoms with Gasteiger partial charge in [-0.25, -0.2) is 19.2 Å². The maximum Gasteiger partial charge on any atom is 0.339 e. The summed E-state index contributed by atoms with van der Waals surface area (Å²) in [4.78, 5) is 51.0. The molecule has 2 unspecified atom stereocenters. The van der Waals surface area contributed by atoms with Crippen LogP contribution in [0.5, 0.6) is 0 Å². The fourth-order valence-electron chi connectivity index (χ4n) is 1.73. The van der Waals surface area contributed by atoms with Crippen LogP contribution in [-0.4, -0.2) is 42.7 Å². The lowest BCUT2D eigenvalue weighted by Gasteiger charge is -2.13. The van der Waals surface area contributed by atoms with Crippen molar-refractivity contribution in [3.8, 4) is 0 Å². The van der Waals surface area contributed by atoms with Gasteiger partial charge in [0.2, 0.25) is 12.2 Å². The van der Waals surface area contributed by atoms with Gasteiger partial charge in [0.1, 0.15) is 0 Å². The van der Waals surface area contributed by atoms with Crippen molar-refractivity contribution in [2.24, 2.45) is 21.6 Å². The second kappa shape index (κ2) is 11.5. The van der Waals surface area contributed by atoms with E-state index in [2.05, 4.69) is 14.7 Å². The van der Waals surface area contributed by atoms with Crippen molar-refractivity contribution in [1.82, 2.24) is 0 Å². The Balaban J connectivity index is 4.76. The third-order valence-electron chi connectivity index (χ3n) is 2.79. The van der Waals surface area contributed by atoms with Gasteiger partial charge in [-0.05, 0) is 38.1 Å². The van der Waals surface area contributed by atoms with Crippen molar-refractivity contribution in [3.63, 3.8) is 0 Å². The zero-order valence-corrected chi connectivity index (χ0v) is 12.8. The molecular formula is C14H21N3O5. The van der Waals surface area contributed by atoms with E-state index in [0.717, 1.165) is 0 Å². The number of isocyanates is 2. The van der Waals surface area contributed by atoms with E-state index >= 15 is 0 Å². The summed E-state index contributed by atoms with van der Waals surface area (Å²) in [6.45, 7) is 4.10. The number of carbonyl (C=O) groups excluding carboxylic acids is 4. The maximum atomic E-state index is 11.8. The first-order chi connectivity index (χ1) is 10.5. The van der Waals surface area contributed by atoms with Crippen molar-refractivity contribution < 1.29 is 23.9 Å². The first kappa shape index (κ1) is 19.9. The van der Waals surface area contributed by atoms with Crippen molar-refractivity contribution in [1.29, 1.82) is 0 Å².